The minimum absolute atomic E-state index is 0.208. The van der Waals surface area contributed by atoms with Crippen LogP contribution in [0.4, 0.5) is 0 Å². The monoisotopic (exact) mass is 399 g/mol. The van der Waals surface area contributed by atoms with Gasteiger partial charge in [0, 0.05) is 18.3 Å². The number of ketones is 1. The highest BCUT2D eigenvalue weighted by molar-refractivity contribution is 6.36. The first kappa shape index (κ1) is 19.5. The maximum Gasteiger partial charge on any atom is 0.227 e. The van der Waals surface area contributed by atoms with E-state index in [1.54, 1.807) is 19.4 Å². The topological polar surface area (TPSA) is 57.5 Å². The summed E-state index contributed by atoms with van der Waals surface area (Å²) in [6.45, 7) is 0. The van der Waals surface area contributed by atoms with Crippen LogP contribution in [0.5, 0.6) is 11.5 Å². The molecule has 0 aliphatic rings. The standard InChI is InChI=1S/C25H21NO4/c1-29-19-13-21-24(23(14-19)30-2)20(22(28)16-27)15-26(21)25(17-9-5-3-6-10-17)18-11-7-4-8-12-18/h3-16,25H,1-2H3. The van der Waals surface area contributed by atoms with Crippen molar-refractivity contribution < 1.29 is 19.1 Å². The first-order valence-corrected chi connectivity index (χ1v) is 9.54. The van der Waals surface area contributed by atoms with Gasteiger partial charge in [-0.15, -0.1) is 0 Å². The van der Waals surface area contributed by atoms with Crippen molar-refractivity contribution in [2.75, 3.05) is 14.2 Å². The number of Topliss-reactive ketones (excluding diaryl/α,β-unsaturated/α-hetero) is 1. The van der Waals surface area contributed by atoms with Gasteiger partial charge >= 0.3 is 0 Å². The fourth-order valence-corrected chi connectivity index (χ4v) is 3.85. The van der Waals surface area contributed by atoms with Crippen LogP contribution in [0.25, 0.3) is 10.9 Å². The minimum Gasteiger partial charge on any atom is -0.497 e. The van der Waals surface area contributed by atoms with Gasteiger partial charge in [0.25, 0.3) is 0 Å². The number of benzene rings is 3. The number of aromatic nitrogens is 1. The Kier molecular flexibility index (Phi) is 5.35. The number of aldehydes is 1. The number of carbonyl (C=O) groups is 2. The van der Waals surface area contributed by atoms with Crippen molar-refractivity contribution in [3.63, 3.8) is 0 Å². The van der Waals surface area contributed by atoms with Crippen LogP contribution in [-0.4, -0.2) is 30.9 Å². The molecule has 0 unspecified atom stereocenters. The molecule has 1 heterocycles. The predicted octanol–water partition coefficient (Wildman–Crippen LogP) is 4.68. The van der Waals surface area contributed by atoms with Crippen molar-refractivity contribution in [3.8, 4) is 11.5 Å². The number of rotatable bonds is 7. The third kappa shape index (κ3) is 3.35. The molecule has 0 amide bonds. The van der Waals surface area contributed by atoms with Gasteiger partial charge in [-0.1, -0.05) is 60.7 Å². The highest BCUT2D eigenvalue weighted by atomic mass is 16.5. The van der Waals surface area contributed by atoms with Crippen molar-refractivity contribution in [1.82, 2.24) is 4.57 Å². The third-order valence-electron chi connectivity index (χ3n) is 5.21. The van der Waals surface area contributed by atoms with E-state index in [-0.39, 0.29) is 6.04 Å². The highest BCUT2D eigenvalue weighted by Crippen LogP contribution is 2.39. The third-order valence-corrected chi connectivity index (χ3v) is 5.21. The summed E-state index contributed by atoms with van der Waals surface area (Å²) in [6.07, 6.45) is 2.07. The van der Waals surface area contributed by atoms with E-state index in [1.165, 1.54) is 7.11 Å². The van der Waals surface area contributed by atoms with E-state index in [9.17, 15) is 9.59 Å². The van der Waals surface area contributed by atoms with Crippen molar-refractivity contribution >= 4 is 23.0 Å². The Labute approximate surface area is 174 Å². The molecule has 0 radical (unpaired) electrons. The van der Waals surface area contributed by atoms with Crippen molar-refractivity contribution in [1.29, 1.82) is 0 Å². The lowest BCUT2D eigenvalue weighted by atomic mass is 9.98. The maximum atomic E-state index is 12.5. The van der Waals surface area contributed by atoms with Crippen LogP contribution in [-0.2, 0) is 4.79 Å². The van der Waals surface area contributed by atoms with Crippen LogP contribution in [0, 0.1) is 0 Å². The predicted molar refractivity (Wildman–Crippen MR) is 116 cm³/mol. The molecule has 0 atom stereocenters. The molecule has 30 heavy (non-hydrogen) atoms. The van der Waals surface area contributed by atoms with Gasteiger partial charge in [-0.05, 0) is 11.1 Å². The normalized spacial score (nSPS) is 10.9. The Morgan fingerprint density at radius 3 is 2.00 bits per heavy atom. The molecule has 0 fully saturated rings. The minimum atomic E-state index is -0.595. The second kappa shape index (κ2) is 8.25. The summed E-state index contributed by atoms with van der Waals surface area (Å²) in [7, 11) is 3.11. The van der Waals surface area contributed by atoms with Gasteiger partial charge in [0.05, 0.1) is 36.7 Å². The summed E-state index contributed by atoms with van der Waals surface area (Å²) in [5.74, 6) is 0.485. The zero-order chi connectivity index (χ0) is 21.1. The van der Waals surface area contributed by atoms with Gasteiger partial charge in [0.2, 0.25) is 5.78 Å². The first-order chi connectivity index (χ1) is 14.7. The Bertz CT molecular complexity index is 1160. The average molecular weight is 399 g/mol. The van der Waals surface area contributed by atoms with Gasteiger partial charge < -0.3 is 14.0 Å². The zero-order valence-electron chi connectivity index (χ0n) is 16.7. The molecule has 5 heteroatoms. The molecule has 0 bridgehead atoms. The first-order valence-electron chi connectivity index (χ1n) is 9.54. The maximum absolute atomic E-state index is 12.5. The summed E-state index contributed by atoms with van der Waals surface area (Å²) in [4.78, 5) is 23.9. The largest absolute Gasteiger partial charge is 0.497 e. The molecule has 4 rings (SSSR count). The smallest absolute Gasteiger partial charge is 0.227 e. The molecule has 0 saturated heterocycles. The summed E-state index contributed by atoms with van der Waals surface area (Å²) in [5, 5.41) is 0.590. The lowest BCUT2D eigenvalue weighted by Gasteiger charge is -2.22. The number of hydrogen-bond donors (Lipinski definition) is 0. The summed E-state index contributed by atoms with van der Waals surface area (Å²) in [5.41, 5.74) is 3.14. The number of carbonyl (C=O) groups excluding carboxylic acids is 2. The molecule has 5 nitrogen and oxygen atoms in total. The molecule has 3 aromatic carbocycles. The molecule has 0 saturated carbocycles. The Hall–Kier alpha value is -3.86. The summed E-state index contributed by atoms with van der Waals surface area (Å²) < 4.78 is 13.0. The van der Waals surface area contributed by atoms with E-state index in [4.69, 9.17) is 9.47 Å². The van der Waals surface area contributed by atoms with Crippen LogP contribution >= 0.6 is 0 Å². The Balaban J connectivity index is 2.09. The molecule has 0 spiro atoms. The van der Waals surface area contributed by atoms with Crippen molar-refractivity contribution in [3.05, 3.63) is 95.7 Å². The van der Waals surface area contributed by atoms with E-state index < -0.39 is 5.78 Å². The fraction of sp³-hybridized carbons (Fsp3) is 0.120. The van der Waals surface area contributed by atoms with Crippen molar-refractivity contribution in [2.24, 2.45) is 0 Å². The van der Waals surface area contributed by atoms with Crippen LogP contribution < -0.4 is 9.47 Å². The van der Waals surface area contributed by atoms with E-state index in [0.717, 1.165) is 16.6 Å². The lowest BCUT2D eigenvalue weighted by Crippen LogP contribution is -2.11. The van der Waals surface area contributed by atoms with E-state index in [0.29, 0.717) is 28.7 Å². The number of methoxy groups -OCH3 is 2. The highest BCUT2D eigenvalue weighted by Gasteiger charge is 2.25. The number of nitrogens with zero attached hydrogens (tertiary/aromatic N) is 1. The molecule has 0 aliphatic carbocycles. The quantitative estimate of drug-likeness (QED) is 0.257. The van der Waals surface area contributed by atoms with Gasteiger partial charge in [-0.2, -0.15) is 0 Å². The molecular formula is C25H21NO4. The van der Waals surface area contributed by atoms with Crippen LogP contribution in [0.2, 0.25) is 0 Å². The molecule has 0 N–H and O–H groups in total. The van der Waals surface area contributed by atoms with Gasteiger partial charge in [0.1, 0.15) is 11.5 Å². The summed E-state index contributed by atoms with van der Waals surface area (Å²) >= 11 is 0. The van der Waals surface area contributed by atoms with Crippen LogP contribution in [0.1, 0.15) is 27.5 Å². The van der Waals surface area contributed by atoms with E-state index in [1.807, 2.05) is 71.3 Å². The zero-order valence-corrected chi connectivity index (χ0v) is 16.7. The molecule has 4 aromatic rings. The van der Waals surface area contributed by atoms with Gasteiger partial charge in [0.15, 0.2) is 6.29 Å². The van der Waals surface area contributed by atoms with Crippen LogP contribution in [0.3, 0.4) is 0 Å². The molecule has 0 aliphatic heterocycles. The molecule has 1 aromatic heterocycles. The second-order valence-corrected chi connectivity index (χ2v) is 6.88. The summed E-state index contributed by atoms with van der Waals surface area (Å²) in [6, 6.07) is 23.4. The number of hydrogen-bond acceptors (Lipinski definition) is 4. The number of ether oxygens (including phenoxy) is 2. The Morgan fingerprint density at radius 2 is 1.50 bits per heavy atom. The average Bonchev–Trinajstić information content (AvgIpc) is 3.18. The Morgan fingerprint density at radius 1 is 0.900 bits per heavy atom. The molecular weight excluding hydrogens is 378 g/mol. The van der Waals surface area contributed by atoms with Crippen LogP contribution in [0.15, 0.2) is 79.0 Å². The molecule has 150 valence electrons. The lowest BCUT2D eigenvalue weighted by molar-refractivity contribution is -0.104. The van der Waals surface area contributed by atoms with Gasteiger partial charge in [-0.25, -0.2) is 0 Å². The van der Waals surface area contributed by atoms with E-state index >= 15 is 0 Å². The number of fused-ring (bicyclic) bond motifs is 1. The SMILES string of the molecule is COc1cc(OC)c2c(C(=O)C=O)cn(C(c3ccccc3)c3ccccc3)c2c1. The fourth-order valence-electron chi connectivity index (χ4n) is 3.85. The van der Waals surface area contributed by atoms with Gasteiger partial charge in [-0.3, -0.25) is 9.59 Å². The second-order valence-electron chi connectivity index (χ2n) is 6.88. The van der Waals surface area contributed by atoms with E-state index in [2.05, 4.69) is 0 Å². The van der Waals surface area contributed by atoms with Crippen molar-refractivity contribution in [2.45, 2.75) is 6.04 Å².